The number of hydrogen-bond donors (Lipinski definition) is 0. The zero-order chi connectivity index (χ0) is 19.1. The minimum absolute atomic E-state index is 0.0614. The van der Waals surface area contributed by atoms with Crippen LogP contribution in [0.25, 0.3) is 0 Å². The number of piperidine rings is 1. The SMILES string of the molecule is Cc1cc(C(=O)N2CCC(N3CCC(F)(F)C3)CC2)c(C(F)(F)F)cn1. The maximum atomic E-state index is 13.4. The molecule has 3 rings (SSSR count). The van der Waals surface area contributed by atoms with E-state index in [1.165, 1.54) is 11.8 Å². The average Bonchev–Trinajstić information content (AvgIpc) is 2.93. The van der Waals surface area contributed by atoms with Gasteiger partial charge in [0.25, 0.3) is 11.8 Å². The molecular weight excluding hydrogens is 357 g/mol. The number of carbonyl (C=O) groups is 1. The van der Waals surface area contributed by atoms with Crippen LogP contribution in [0, 0.1) is 6.92 Å². The molecule has 1 aromatic rings. The number of amides is 1. The van der Waals surface area contributed by atoms with E-state index in [2.05, 4.69) is 4.98 Å². The summed E-state index contributed by atoms with van der Waals surface area (Å²) in [5, 5.41) is 0. The molecule has 26 heavy (non-hydrogen) atoms. The van der Waals surface area contributed by atoms with Gasteiger partial charge in [-0.15, -0.1) is 0 Å². The second-order valence-electron chi connectivity index (χ2n) is 6.97. The summed E-state index contributed by atoms with van der Waals surface area (Å²) in [7, 11) is 0. The summed E-state index contributed by atoms with van der Waals surface area (Å²) in [5.41, 5.74) is -1.12. The fraction of sp³-hybridized carbons (Fsp3) is 0.647. The normalized spacial score (nSPS) is 22.0. The van der Waals surface area contributed by atoms with Crippen molar-refractivity contribution in [1.29, 1.82) is 0 Å². The highest BCUT2D eigenvalue weighted by atomic mass is 19.4. The van der Waals surface area contributed by atoms with Crippen molar-refractivity contribution in [2.45, 2.75) is 44.3 Å². The molecule has 0 bridgehead atoms. The van der Waals surface area contributed by atoms with Gasteiger partial charge < -0.3 is 4.90 Å². The number of aromatic nitrogens is 1. The van der Waals surface area contributed by atoms with Gasteiger partial charge in [-0.25, -0.2) is 8.78 Å². The van der Waals surface area contributed by atoms with Crippen molar-refractivity contribution >= 4 is 5.91 Å². The van der Waals surface area contributed by atoms with E-state index in [4.69, 9.17) is 0 Å². The first kappa shape index (κ1) is 19.0. The summed E-state index contributed by atoms with van der Waals surface area (Å²) >= 11 is 0. The number of likely N-dealkylation sites (tertiary alicyclic amines) is 2. The zero-order valence-electron chi connectivity index (χ0n) is 14.3. The van der Waals surface area contributed by atoms with Gasteiger partial charge in [0.2, 0.25) is 0 Å². The van der Waals surface area contributed by atoms with E-state index in [0.29, 0.717) is 31.3 Å². The number of alkyl halides is 5. The molecule has 2 aliphatic rings. The van der Waals surface area contributed by atoms with E-state index in [1.54, 1.807) is 4.90 Å². The molecule has 0 radical (unpaired) electrons. The molecule has 144 valence electrons. The van der Waals surface area contributed by atoms with Crippen LogP contribution in [0.4, 0.5) is 22.0 Å². The third kappa shape index (κ3) is 3.97. The number of halogens is 5. The van der Waals surface area contributed by atoms with Crippen LogP contribution in [0.5, 0.6) is 0 Å². The number of rotatable bonds is 2. The average molecular weight is 377 g/mol. The predicted octanol–water partition coefficient (Wildman–Crippen LogP) is 3.35. The third-order valence-corrected chi connectivity index (χ3v) is 5.04. The minimum atomic E-state index is -4.66. The minimum Gasteiger partial charge on any atom is -0.339 e. The molecule has 4 nitrogen and oxygen atoms in total. The van der Waals surface area contributed by atoms with Crippen molar-refractivity contribution in [3.63, 3.8) is 0 Å². The molecule has 0 saturated carbocycles. The number of carbonyl (C=O) groups excluding carboxylic acids is 1. The second kappa shape index (κ2) is 6.75. The van der Waals surface area contributed by atoms with Crippen LogP contribution in [0.1, 0.15) is 40.9 Å². The molecule has 0 N–H and O–H groups in total. The first-order valence-corrected chi connectivity index (χ1v) is 8.52. The Morgan fingerprint density at radius 2 is 1.88 bits per heavy atom. The van der Waals surface area contributed by atoms with Gasteiger partial charge in [0, 0.05) is 44.0 Å². The number of pyridine rings is 1. The highest BCUT2D eigenvalue weighted by Crippen LogP contribution is 2.34. The van der Waals surface area contributed by atoms with Gasteiger partial charge in [0.05, 0.1) is 17.7 Å². The van der Waals surface area contributed by atoms with Crippen molar-refractivity contribution < 1.29 is 26.7 Å². The highest BCUT2D eigenvalue weighted by molar-refractivity contribution is 5.96. The number of nitrogens with zero attached hydrogens (tertiary/aromatic N) is 3. The topological polar surface area (TPSA) is 36.4 Å². The maximum Gasteiger partial charge on any atom is 0.418 e. The van der Waals surface area contributed by atoms with Crippen LogP contribution in [-0.4, -0.2) is 58.8 Å². The van der Waals surface area contributed by atoms with Crippen molar-refractivity contribution in [1.82, 2.24) is 14.8 Å². The molecule has 9 heteroatoms. The first-order valence-electron chi connectivity index (χ1n) is 8.52. The molecule has 0 atom stereocenters. The third-order valence-electron chi connectivity index (χ3n) is 5.04. The molecule has 0 aliphatic carbocycles. The molecule has 1 amide bonds. The molecule has 0 unspecified atom stereocenters. The summed E-state index contributed by atoms with van der Waals surface area (Å²) in [6.45, 7) is 2.06. The van der Waals surface area contributed by atoms with E-state index in [0.717, 1.165) is 6.07 Å². The molecular formula is C17H20F5N3O. The number of hydrogen-bond acceptors (Lipinski definition) is 3. The van der Waals surface area contributed by atoms with Crippen LogP contribution in [0.15, 0.2) is 12.3 Å². The fourth-order valence-electron chi connectivity index (χ4n) is 3.64. The quantitative estimate of drug-likeness (QED) is 0.742. The van der Waals surface area contributed by atoms with Crippen LogP contribution in [0.3, 0.4) is 0 Å². The lowest BCUT2D eigenvalue weighted by molar-refractivity contribution is -0.138. The first-order chi connectivity index (χ1) is 12.1. The molecule has 3 heterocycles. The van der Waals surface area contributed by atoms with Crippen molar-refractivity contribution in [3.05, 3.63) is 29.1 Å². The Morgan fingerprint density at radius 3 is 2.42 bits per heavy atom. The van der Waals surface area contributed by atoms with E-state index in [1.807, 2.05) is 0 Å². The Hall–Kier alpha value is -1.77. The van der Waals surface area contributed by atoms with Gasteiger partial charge in [-0.05, 0) is 25.8 Å². The Labute approximate surface area is 148 Å². The Balaban J connectivity index is 1.69. The summed E-state index contributed by atoms with van der Waals surface area (Å²) in [5.74, 6) is -3.36. The molecule has 2 saturated heterocycles. The van der Waals surface area contributed by atoms with Crippen molar-refractivity contribution in [2.24, 2.45) is 0 Å². The maximum absolute atomic E-state index is 13.4. The van der Waals surface area contributed by atoms with Crippen molar-refractivity contribution in [2.75, 3.05) is 26.2 Å². The summed E-state index contributed by atoms with van der Waals surface area (Å²) < 4.78 is 66.2. The molecule has 1 aromatic heterocycles. The van der Waals surface area contributed by atoms with E-state index < -0.39 is 29.1 Å². The van der Waals surface area contributed by atoms with Crippen molar-refractivity contribution in [3.8, 4) is 0 Å². The zero-order valence-corrected chi connectivity index (χ0v) is 14.3. The van der Waals surface area contributed by atoms with Crippen LogP contribution in [-0.2, 0) is 6.18 Å². The lowest BCUT2D eigenvalue weighted by atomic mass is 10.0. The van der Waals surface area contributed by atoms with Crippen LogP contribution < -0.4 is 0 Å². The predicted molar refractivity (Wildman–Crippen MR) is 84.0 cm³/mol. The highest BCUT2D eigenvalue weighted by Gasteiger charge is 2.42. The van der Waals surface area contributed by atoms with Gasteiger partial charge in [0.15, 0.2) is 0 Å². The lowest BCUT2D eigenvalue weighted by Gasteiger charge is -2.37. The van der Waals surface area contributed by atoms with Gasteiger partial charge in [-0.3, -0.25) is 14.7 Å². The van der Waals surface area contributed by atoms with Gasteiger partial charge >= 0.3 is 6.18 Å². The Bertz CT molecular complexity index is 683. The summed E-state index contributed by atoms with van der Waals surface area (Å²) in [4.78, 5) is 19.3. The smallest absolute Gasteiger partial charge is 0.339 e. The number of aryl methyl sites for hydroxylation is 1. The largest absolute Gasteiger partial charge is 0.418 e. The van der Waals surface area contributed by atoms with Crippen LogP contribution >= 0.6 is 0 Å². The lowest BCUT2D eigenvalue weighted by Crippen LogP contribution is -2.46. The van der Waals surface area contributed by atoms with Gasteiger partial charge in [-0.1, -0.05) is 0 Å². The van der Waals surface area contributed by atoms with E-state index >= 15 is 0 Å². The summed E-state index contributed by atoms with van der Waals surface area (Å²) in [6.07, 6.45) is -3.19. The Morgan fingerprint density at radius 1 is 1.23 bits per heavy atom. The van der Waals surface area contributed by atoms with E-state index in [-0.39, 0.29) is 32.1 Å². The van der Waals surface area contributed by atoms with E-state index in [9.17, 15) is 26.7 Å². The Kier molecular flexibility index (Phi) is 4.94. The molecule has 2 fully saturated rings. The summed E-state index contributed by atoms with van der Waals surface area (Å²) in [6, 6.07) is 1.09. The second-order valence-corrected chi connectivity index (χ2v) is 6.97. The monoisotopic (exact) mass is 377 g/mol. The standard InChI is InChI=1S/C17H20F5N3O/c1-11-8-13(14(9-23-11)17(20,21)22)15(26)24-5-2-12(3-6-24)25-7-4-16(18,19)10-25/h8-9,12H,2-7,10H2,1H3. The molecule has 0 spiro atoms. The molecule has 0 aromatic carbocycles. The van der Waals surface area contributed by atoms with Crippen LogP contribution in [0.2, 0.25) is 0 Å². The van der Waals surface area contributed by atoms with Gasteiger partial charge in [0.1, 0.15) is 0 Å². The molecule has 2 aliphatic heterocycles. The van der Waals surface area contributed by atoms with Gasteiger partial charge in [-0.2, -0.15) is 13.2 Å². The fourth-order valence-corrected chi connectivity index (χ4v) is 3.64.